The topological polar surface area (TPSA) is 85.4 Å². The van der Waals surface area contributed by atoms with Crippen molar-refractivity contribution in [1.29, 1.82) is 0 Å². The maximum Gasteiger partial charge on any atom is 0.339 e. The third-order valence-corrected chi connectivity index (χ3v) is 7.54. The van der Waals surface area contributed by atoms with Crippen molar-refractivity contribution >= 4 is 28.2 Å². The van der Waals surface area contributed by atoms with Crippen LogP contribution in [0, 0.1) is 0 Å². The van der Waals surface area contributed by atoms with Crippen LogP contribution in [0.2, 0.25) is 0 Å². The molecule has 3 N–H and O–H groups in total. The zero-order valence-corrected chi connectivity index (χ0v) is 20.4. The zero-order valence-electron chi connectivity index (χ0n) is 20.4. The summed E-state index contributed by atoms with van der Waals surface area (Å²) in [4.78, 5) is 31.9. The van der Waals surface area contributed by atoms with Gasteiger partial charge in [0.15, 0.2) is 5.78 Å². The monoisotopic (exact) mass is 471 g/mol. The molecule has 0 bridgehead atoms. The molecule has 1 fully saturated rings. The lowest BCUT2D eigenvalue weighted by Crippen LogP contribution is -2.48. The van der Waals surface area contributed by atoms with Crippen LogP contribution in [-0.2, 0) is 16.8 Å². The Morgan fingerprint density at radius 3 is 2.51 bits per heavy atom. The van der Waals surface area contributed by atoms with Gasteiger partial charge in [0, 0.05) is 34.6 Å². The number of nitrogens with zero attached hydrogens (tertiary/aromatic N) is 1. The molecule has 0 spiro atoms. The molecule has 0 saturated carbocycles. The molecule has 6 heteroatoms. The number of H-pyrrole nitrogens is 1. The molecule has 0 radical (unpaired) electrons. The van der Waals surface area contributed by atoms with E-state index in [-0.39, 0.29) is 11.4 Å². The fourth-order valence-corrected chi connectivity index (χ4v) is 5.72. The fourth-order valence-electron chi connectivity index (χ4n) is 5.72. The van der Waals surface area contributed by atoms with Gasteiger partial charge in [0.25, 0.3) is 0 Å². The Kier molecular flexibility index (Phi) is 6.24. The highest BCUT2D eigenvalue weighted by Gasteiger charge is 2.43. The van der Waals surface area contributed by atoms with Crippen LogP contribution in [0.15, 0.2) is 54.7 Å². The molecule has 5 rings (SSSR count). The van der Waals surface area contributed by atoms with E-state index in [4.69, 9.17) is 0 Å². The van der Waals surface area contributed by atoms with Gasteiger partial charge in [-0.25, -0.2) is 4.79 Å². The lowest BCUT2D eigenvalue weighted by molar-refractivity contribution is -0.130. The summed E-state index contributed by atoms with van der Waals surface area (Å²) in [6.07, 6.45) is 6.52. The number of carbonyl (C=O) groups is 2. The SMILES string of the molecule is CC1(C)c2c([nH]c3ccccc23)C(C(=O)O)=CNC1C(=O)c1cccc(CN2CCCCCC2)c1. The third-order valence-electron chi connectivity index (χ3n) is 7.54. The van der Waals surface area contributed by atoms with Crippen molar-refractivity contribution in [3.63, 3.8) is 0 Å². The van der Waals surface area contributed by atoms with Gasteiger partial charge in [0.1, 0.15) is 0 Å². The number of hydrogen-bond donors (Lipinski definition) is 3. The molecule has 1 saturated heterocycles. The average molecular weight is 472 g/mol. The van der Waals surface area contributed by atoms with Crippen molar-refractivity contribution in [3.8, 4) is 0 Å². The van der Waals surface area contributed by atoms with E-state index in [1.54, 1.807) is 0 Å². The van der Waals surface area contributed by atoms with E-state index < -0.39 is 17.4 Å². The molecule has 1 aromatic heterocycles. The Bertz CT molecular complexity index is 1300. The molecule has 3 aromatic rings. The van der Waals surface area contributed by atoms with Crippen LogP contribution >= 0.6 is 0 Å². The van der Waals surface area contributed by atoms with E-state index in [0.29, 0.717) is 11.3 Å². The summed E-state index contributed by atoms with van der Waals surface area (Å²) in [6, 6.07) is 15.1. The van der Waals surface area contributed by atoms with E-state index >= 15 is 0 Å². The normalized spacial score (nSPS) is 20.3. The number of hydrogen-bond acceptors (Lipinski definition) is 4. The molecule has 6 nitrogen and oxygen atoms in total. The maximum atomic E-state index is 13.9. The van der Waals surface area contributed by atoms with Gasteiger partial charge in [-0.15, -0.1) is 0 Å². The number of rotatable bonds is 5. The molecule has 1 unspecified atom stereocenters. The van der Waals surface area contributed by atoms with Crippen molar-refractivity contribution < 1.29 is 14.7 Å². The van der Waals surface area contributed by atoms with E-state index in [0.717, 1.165) is 41.7 Å². The number of carbonyl (C=O) groups excluding carboxylic acids is 1. The second-order valence-electron chi connectivity index (χ2n) is 10.4. The first kappa shape index (κ1) is 23.4. The average Bonchev–Trinajstić information content (AvgIpc) is 2.96. The van der Waals surface area contributed by atoms with Gasteiger partial charge in [-0.1, -0.05) is 63.1 Å². The molecule has 1 atom stereocenters. The number of ketones is 1. The number of nitrogens with one attached hydrogen (secondary N) is 2. The van der Waals surface area contributed by atoms with E-state index in [1.165, 1.54) is 31.9 Å². The summed E-state index contributed by atoms with van der Waals surface area (Å²) in [7, 11) is 0. The van der Waals surface area contributed by atoms with Crippen LogP contribution < -0.4 is 5.32 Å². The number of aliphatic carboxylic acids is 1. The van der Waals surface area contributed by atoms with Crippen LogP contribution in [0.3, 0.4) is 0 Å². The van der Waals surface area contributed by atoms with Crippen molar-refractivity contribution in [2.45, 2.75) is 57.5 Å². The first-order valence-electron chi connectivity index (χ1n) is 12.5. The van der Waals surface area contributed by atoms with E-state index in [9.17, 15) is 14.7 Å². The minimum absolute atomic E-state index is 0.0353. The number of benzene rings is 2. The molecule has 2 aromatic carbocycles. The predicted octanol–water partition coefficient (Wildman–Crippen LogP) is 5.10. The molecule has 0 aliphatic carbocycles. The Morgan fingerprint density at radius 2 is 1.77 bits per heavy atom. The largest absolute Gasteiger partial charge is 0.478 e. The molecule has 0 amide bonds. The molecule has 2 aliphatic heterocycles. The van der Waals surface area contributed by atoms with Gasteiger partial charge >= 0.3 is 5.97 Å². The summed E-state index contributed by atoms with van der Waals surface area (Å²) in [5.74, 6) is -1.07. The minimum Gasteiger partial charge on any atom is -0.478 e. The lowest BCUT2D eigenvalue weighted by atomic mass is 9.73. The van der Waals surface area contributed by atoms with Crippen molar-refractivity contribution in [2.75, 3.05) is 13.1 Å². The zero-order chi connectivity index (χ0) is 24.6. The highest BCUT2D eigenvalue weighted by molar-refractivity contribution is 6.17. The Labute approximate surface area is 206 Å². The molecule has 35 heavy (non-hydrogen) atoms. The molecule has 182 valence electrons. The number of aromatic amines is 1. The smallest absolute Gasteiger partial charge is 0.339 e. The summed E-state index contributed by atoms with van der Waals surface area (Å²) < 4.78 is 0. The third kappa shape index (κ3) is 4.39. The van der Waals surface area contributed by atoms with Crippen LogP contribution in [0.1, 0.15) is 66.7 Å². The van der Waals surface area contributed by atoms with Crippen LogP contribution in [-0.4, -0.2) is 45.9 Å². The number of fused-ring (bicyclic) bond motifs is 3. The van der Waals surface area contributed by atoms with Crippen molar-refractivity contribution in [1.82, 2.24) is 15.2 Å². The summed E-state index contributed by atoms with van der Waals surface area (Å²) in [5.41, 5.74) is 3.53. The van der Waals surface area contributed by atoms with Gasteiger partial charge in [-0.3, -0.25) is 9.69 Å². The number of aromatic nitrogens is 1. The standard InChI is InChI=1S/C29H33N3O3/c1-29(2)24-21-12-5-6-13-23(21)31-25(24)22(28(34)35)17-30-27(29)26(33)20-11-9-10-19(16-20)18-32-14-7-3-4-8-15-32/h5-6,9-13,16-17,27,30-31H,3-4,7-8,14-15,18H2,1-2H3,(H,34,35). The van der Waals surface area contributed by atoms with Crippen LogP contribution in [0.4, 0.5) is 0 Å². The second-order valence-corrected chi connectivity index (χ2v) is 10.4. The van der Waals surface area contributed by atoms with Gasteiger partial charge in [-0.05, 0) is 49.2 Å². The summed E-state index contributed by atoms with van der Waals surface area (Å²) >= 11 is 0. The number of carboxylic acids is 1. The summed E-state index contributed by atoms with van der Waals surface area (Å²) in [6.45, 7) is 7.07. The lowest BCUT2D eigenvalue weighted by Gasteiger charge is -2.33. The minimum atomic E-state index is -1.03. The predicted molar refractivity (Wildman–Crippen MR) is 138 cm³/mol. The number of para-hydroxylation sites is 1. The molecular formula is C29H33N3O3. The number of Topliss-reactive ketones (excluding diaryl/α,β-unsaturated/α-hetero) is 1. The van der Waals surface area contributed by atoms with Crippen LogP contribution in [0.5, 0.6) is 0 Å². The second kappa shape index (κ2) is 9.34. The highest BCUT2D eigenvalue weighted by atomic mass is 16.4. The summed E-state index contributed by atoms with van der Waals surface area (Å²) in [5, 5.41) is 14.1. The quantitative estimate of drug-likeness (QED) is 0.451. The first-order valence-corrected chi connectivity index (χ1v) is 12.5. The molecule has 3 heterocycles. The van der Waals surface area contributed by atoms with Gasteiger partial charge in [0.2, 0.25) is 0 Å². The van der Waals surface area contributed by atoms with Crippen LogP contribution in [0.25, 0.3) is 16.5 Å². The van der Waals surface area contributed by atoms with Gasteiger partial charge in [-0.2, -0.15) is 0 Å². The number of carboxylic acid groups (broad SMARTS) is 1. The Balaban J connectivity index is 1.51. The first-order chi connectivity index (χ1) is 16.9. The van der Waals surface area contributed by atoms with Gasteiger partial charge in [0.05, 0.1) is 17.3 Å². The Hall–Kier alpha value is -3.38. The molecular weight excluding hydrogens is 438 g/mol. The fraction of sp³-hybridized carbons (Fsp3) is 0.379. The Morgan fingerprint density at radius 1 is 1.03 bits per heavy atom. The molecule has 2 aliphatic rings. The van der Waals surface area contributed by atoms with Crippen molar-refractivity contribution in [3.05, 3.63) is 77.1 Å². The van der Waals surface area contributed by atoms with E-state index in [1.807, 2.05) is 56.3 Å². The van der Waals surface area contributed by atoms with Crippen molar-refractivity contribution in [2.24, 2.45) is 0 Å². The highest BCUT2D eigenvalue weighted by Crippen LogP contribution is 2.41. The van der Waals surface area contributed by atoms with E-state index in [2.05, 4.69) is 21.3 Å². The maximum absolute atomic E-state index is 13.9. The van der Waals surface area contributed by atoms with Gasteiger partial charge < -0.3 is 15.4 Å². The number of likely N-dealkylation sites (tertiary alicyclic amines) is 1.